The average molecular weight is 380 g/mol. The van der Waals surface area contributed by atoms with Crippen molar-refractivity contribution in [2.75, 3.05) is 26.8 Å². The minimum Gasteiger partial charge on any atom is -0.496 e. The maximum Gasteiger partial charge on any atom is 0.334 e. The van der Waals surface area contributed by atoms with Crippen LogP contribution in [0.1, 0.15) is 0 Å². The van der Waals surface area contributed by atoms with Crippen LogP contribution < -0.4 is 4.74 Å². The smallest absolute Gasteiger partial charge is 0.334 e. The van der Waals surface area contributed by atoms with Gasteiger partial charge in [-0.1, -0.05) is 0 Å². The number of sulfonamides is 1. The Kier molecular flexibility index (Phi) is 4.87. The topological polar surface area (TPSA) is 93.1 Å². The Bertz CT molecular complexity index is 647. The van der Waals surface area contributed by atoms with Crippen LogP contribution in [0.25, 0.3) is 0 Å². The fraction of sp³-hybridized carbons (Fsp3) is 0.417. The molecule has 0 spiro atoms. The molecule has 1 aromatic rings. The molecule has 1 aliphatic rings. The third-order valence-corrected chi connectivity index (χ3v) is 5.55. The summed E-state index contributed by atoms with van der Waals surface area (Å²) in [6.07, 6.45) is -1.14. The molecule has 1 saturated heterocycles. The van der Waals surface area contributed by atoms with Gasteiger partial charge in [0.2, 0.25) is 10.0 Å². The predicted octanol–water partition coefficient (Wildman–Crippen LogP) is 0.932. The second-order valence-electron chi connectivity index (χ2n) is 4.36. The third-order valence-electron chi connectivity index (χ3n) is 3.07. The maximum absolute atomic E-state index is 12.5. The van der Waals surface area contributed by atoms with Crippen molar-refractivity contribution in [2.45, 2.75) is 11.0 Å². The molecule has 1 fully saturated rings. The van der Waals surface area contributed by atoms with Crippen molar-refractivity contribution in [3.63, 3.8) is 0 Å². The van der Waals surface area contributed by atoms with Crippen LogP contribution in [-0.2, 0) is 19.6 Å². The molecule has 1 aromatic carbocycles. The van der Waals surface area contributed by atoms with Gasteiger partial charge in [0.25, 0.3) is 0 Å². The molecule has 1 N–H and O–H groups in total. The molecule has 1 unspecified atom stereocenters. The quantitative estimate of drug-likeness (QED) is 0.836. The largest absolute Gasteiger partial charge is 0.496 e. The van der Waals surface area contributed by atoms with E-state index in [1.807, 2.05) is 0 Å². The van der Waals surface area contributed by atoms with Gasteiger partial charge in [0, 0.05) is 6.54 Å². The Balaban J connectivity index is 2.29. The summed E-state index contributed by atoms with van der Waals surface area (Å²) in [4.78, 5) is 11.0. The number of benzene rings is 1. The van der Waals surface area contributed by atoms with E-state index in [9.17, 15) is 13.2 Å². The maximum atomic E-state index is 12.5. The van der Waals surface area contributed by atoms with Crippen LogP contribution in [0.5, 0.6) is 5.75 Å². The van der Waals surface area contributed by atoms with Crippen molar-refractivity contribution in [1.82, 2.24) is 4.31 Å². The molecule has 9 heteroatoms. The standard InChI is InChI=1S/C12H14BrNO6S/c1-19-10-3-2-8(6-9(10)13)21(17,18)14-4-5-20-11(7-14)12(15)16/h2-3,6,11H,4-5,7H2,1H3,(H,15,16). The fourth-order valence-corrected chi connectivity index (χ4v) is 4.09. The molecular weight excluding hydrogens is 366 g/mol. The molecule has 0 saturated carbocycles. The second kappa shape index (κ2) is 6.30. The number of hydrogen-bond donors (Lipinski definition) is 1. The van der Waals surface area contributed by atoms with Crippen LogP contribution in [0.4, 0.5) is 0 Å². The van der Waals surface area contributed by atoms with Crippen LogP contribution in [0, 0.1) is 0 Å². The molecule has 7 nitrogen and oxygen atoms in total. The normalized spacial score (nSPS) is 20.2. The zero-order valence-corrected chi connectivity index (χ0v) is 13.6. The third kappa shape index (κ3) is 3.37. The zero-order valence-electron chi connectivity index (χ0n) is 11.2. The Morgan fingerprint density at radius 1 is 1.52 bits per heavy atom. The SMILES string of the molecule is COc1ccc(S(=O)(=O)N2CCOC(C(=O)O)C2)cc1Br. The number of carboxylic acids is 1. The van der Waals surface area contributed by atoms with E-state index < -0.39 is 22.1 Å². The van der Waals surface area contributed by atoms with Gasteiger partial charge in [0.05, 0.1) is 29.6 Å². The number of morpholine rings is 1. The van der Waals surface area contributed by atoms with E-state index in [2.05, 4.69) is 15.9 Å². The number of methoxy groups -OCH3 is 1. The number of halogens is 1. The number of carbonyl (C=O) groups is 1. The molecule has 0 radical (unpaired) electrons. The number of rotatable bonds is 4. The summed E-state index contributed by atoms with van der Waals surface area (Å²) < 4.78 is 36.7. The molecule has 2 rings (SSSR count). The molecule has 0 aromatic heterocycles. The lowest BCUT2D eigenvalue weighted by Crippen LogP contribution is -2.48. The summed E-state index contributed by atoms with van der Waals surface area (Å²) in [5.41, 5.74) is 0. The molecular formula is C12H14BrNO6S. The van der Waals surface area contributed by atoms with Crippen LogP contribution >= 0.6 is 15.9 Å². The zero-order chi connectivity index (χ0) is 15.6. The predicted molar refractivity (Wildman–Crippen MR) is 76.8 cm³/mol. The highest BCUT2D eigenvalue weighted by Crippen LogP contribution is 2.29. The van der Waals surface area contributed by atoms with Crippen molar-refractivity contribution in [2.24, 2.45) is 0 Å². The van der Waals surface area contributed by atoms with Crippen LogP contribution in [0.2, 0.25) is 0 Å². The van der Waals surface area contributed by atoms with E-state index in [-0.39, 0.29) is 24.6 Å². The summed E-state index contributed by atoms with van der Waals surface area (Å²) in [6.45, 7) is -0.0371. The van der Waals surface area contributed by atoms with Gasteiger partial charge in [-0.25, -0.2) is 13.2 Å². The molecule has 1 atom stereocenters. The van der Waals surface area contributed by atoms with Gasteiger partial charge in [0.1, 0.15) is 5.75 Å². The Morgan fingerprint density at radius 2 is 2.24 bits per heavy atom. The van der Waals surface area contributed by atoms with Crippen molar-refractivity contribution >= 4 is 31.9 Å². The lowest BCUT2D eigenvalue weighted by atomic mass is 10.3. The first-order valence-corrected chi connectivity index (χ1v) is 8.27. The van der Waals surface area contributed by atoms with Gasteiger partial charge in [-0.15, -0.1) is 0 Å². The Morgan fingerprint density at radius 3 is 2.81 bits per heavy atom. The van der Waals surface area contributed by atoms with Crippen molar-refractivity contribution in [3.05, 3.63) is 22.7 Å². The first kappa shape index (κ1) is 16.2. The average Bonchev–Trinajstić information content (AvgIpc) is 2.47. The monoisotopic (exact) mass is 379 g/mol. The van der Waals surface area contributed by atoms with E-state index in [1.54, 1.807) is 0 Å². The van der Waals surface area contributed by atoms with E-state index in [4.69, 9.17) is 14.6 Å². The van der Waals surface area contributed by atoms with Crippen LogP contribution in [-0.4, -0.2) is 56.7 Å². The van der Waals surface area contributed by atoms with Gasteiger partial charge in [0.15, 0.2) is 6.10 Å². The Labute approximate surface area is 130 Å². The summed E-state index contributed by atoms with van der Waals surface area (Å²) in [5.74, 6) is -0.662. The van der Waals surface area contributed by atoms with Crippen molar-refractivity contribution < 1.29 is 27.8 Å². The number of carboxylic acid groups (broad SMARTS) is 1. The number of hydrogen-bond acceptors (Lipinski definition) is 5. The van der Waals surface area contributed by atoms with Crippen molar-refractivity contribution in [1.29, 1.82) is 0 Å². The van der Waals surface area contributed by atoms with Gasteiger partial charge in [-0.2, -0.15) is 4.31 Å². The number of nitrogens with zero attached hydrogens (tertiary/aromatic N) is 1. The summed E-state index contributed by atoms with van der Waals surface area (Å²) >= 11 is 3.23. The van der Waals surface area contributed by atoms with Gasteiger partial charge < -0.3 is 14.6 Å². The summed E-state index contributed by atoms with van der Waals surface area (Å²) in [6, 6.07) is 4.38. The van der Waals surface area contributed by atoms with Gasteiger partial charge >= 0.3 is 5.97 Å². The molecule has 21 heavy (non-hydrogen) atoms. The summed E-state index contributed by atoms with van der Waals surface area (Å²) in [7, 11) is -2.29. The lowest BCUT2D eigenvalue weighted by Gasteiger charge is -2.30. The van der Waals surface area contributed by atoms with E-state index in [0.29, 0.717) is 10.2 Å². The molecule has 0 aliphatic carbocycles. The lowest BCUT2D eigenvalue weighted by molar-refractivity contribution is -0.153. The molecule has 0 amide bonds. The second-order valence-corrected chi connectivity index (χ2v) is 7.15. The van der Waals surface area contributed by atoms with Crippen LogP contribution in [0.3, 0.4) is 0 Å². The molecule has 1 heterocycles. The van der Waals surface area contributed by atoms with E-state index >= 15 is 0 Å². The Hall–Kier alpha value is -1.16. The summed E-state index contributed by atoms with van der Waals surface area (Å²) in [5, 5.41) is 8.93. The molecule has 1 aliphatic heterocycles. The number of ether oxygens (including phenoxy) is 2. The van der Waals surface area contributed by atoms with Gasteiger partial charge in [-0.05, 0) is 34.1 Å². The van der Waals surface area contributed by atoms with Gasteiger partial charge in [-0.3, -0.25) is 0 Å². The van der Waals surface area contributed by atoms with Crippen LogP contribution in [0.15, 0.2) is 27.6 Å². The highest BCUT2D eigenvalue weighted by molar-refractivity contribution is 9.10. The first-order valence-electron chi connectivity index (χ1n) is 6.04. The molecule has 0 bridgehead atoms. The van der Waals surface area contributed by atoms with E-state index in [0.717, 1.165) is 4.31 Å². The number of aliphatic carboxylic acids is 1. The minimum atomic E-state index is -3.77. The molecule has 116 valence electrons. The highest BCUT2D eigenvalue weighted by atomic mass is 79.9. The van der Waals surface area contributed by atoms with E-state index in [1.165, 1.54) is 25.3 Å². The van der Waals surface area contributed by atoms with Crippen molar-refractivity contribution in [3.8, 4) is 5.75 Å². The minimum absolute atomic E-state index is 0.0491. The first-order chi connectivity index (χ1) is 9.86. The highest BCUT2D eigenvalue weighted by Gasteiger charge is 2.34. The fourth-order valence-electron chi connectivity index (χ4n) is 1.95.